The molecule has 2 nitrogen and oxygen atoms in total. The topological polar surface area (TPSA) is 46.2 Å². The summed E-state index contributed by atoms with van der Waals surface area (Å²) in [6, 6.07) is 3.61. The first kappa shape index (κ1) is 7.90. The highest BCUT2D eigenvalue weighted by atomic mass is 35.5. The van der Waals surface area contributed by atoms with Gasteiger partial charge in [-0.25, -0.2) is 0 Å². The third-order valence-electron chi connectivity index (χ3n) is 2.35. The summed E-state index contributed by atoms with van der Waals surface area (Å²) in [5.41, 5.74) is 7.76. The highest BCUT2D eigenvalue weighted by molar-refractivity contribution is 6.32. The fraction of sp³-hybridized carbons (Fsp3) is 0.333. The van der Waals surface area contributed by atoms with Gasteiger partial charge in [0.05, 0.1) is 5.02 Å². The van der Waals surface area contributed by atoms with E-state index in [0.717, 1.165) is 24.0 Å². The fourth-order valence-electron chi connectivity index (χ4n) is 1.71. The van der Waals surface area contributed by atoms with Gasteiger partial charge in [0.25, 0.3) is 0 Å². The van der Waals surface area contributed by atoms with E-state index >= 15 is 0 Å². The minimum atomic E-state index is -0.0429. The van der Waals surface area contributed by atoms with Crippen LogP contribution < -0.4 is 5.73 Å². The van der Waals surface area contributed by atoms with Gasteiger partial charge in [0, 0.05) is 11.6 Å². The number of phenols is 1. The molecule has 1 aromatic carbocycles. The molecule has 0 saturated carbocycles. The highest BCUT2D eigenvalue weighted by Crippen LogP contribution is 2.39. The summed E-state index contributed by atoms with van der Waals surface area (Å²) >= 11 is 5.75. The van der Waals surface area contributed by atoms with Crippen LogP contribution in [0.4, 0.5) is 0 Å². The van der Waals surface area contributed by atoms with Gasteiger partial charge in [-0.05, 0) is 24.5 Å². The Morgan fingerprint density at radius 1 is 1.50 bits per heavy atom. The number of benzene rings is 1. The molecule has 0 fully saturated rings. The molecule has 0 aromatic heterocycles. The Morgan fingerprint density at radius 2 is 2.25 bits per heavy atom. The van der Waals surface area contributed by atoms with E-state index in [9.17, 15) is 5.11 Å². The van der Waals surface area contributed by atoms with Crippen molar-refractivity contribution in [1.82, 2.24) is 0 Å². The van der Waals surface area contributed by atoms with Crippen molar-refractivity contribution in [2.45, 2.75) is 18.9 Å². The van der Waals surface area contributed by atoms with Gasteiger partial charge in [-0.15, -0.1) is 0 Å². The first-order valence-electron chi connectivity index (χ1n) is 3.96. The SMILES string of the molecule is N[C@H]1CCc2ccc(Cl)c(O)c21. The third-order valence-corrected chi connectivity index (χ3v) is 2.66. The van der Waals surface area contributed by atoms with E-state index in [1.54, 1.807) is 6.07 Å². The minimum Gasteiger partial charge on any atom is -0.506 e. The summed E-state index contributed by atoms with van der Waals surface area (Å²) in [6.07, 6.45) is 1.85. The first-order valence-corrected chi connectivity index (χ1v) is 4.34. The van der Waals surface area contributed by atoms with Crippen molar-refractivity contribution in [3.05, 3.63) is 28.3 Å². The van der Waals surface area contributed by atoms with Crippen LogP contribution in [0.5, 0.6) is 5.75 Å². The average molecular weight is 184 g/mol. The van der Waals surface area contributed by atoms with Crippen LogP contribution in [0, 0.1) is 0 Å². The summed E-state index contributed by atoms with van der Waals surface area (Å²) in [5.74, 6) is 0.166. The van der Waals surface area contributed by atoms with E-state index in [0.29, 0.717) is 5.02 Å². The summed E-state index contributed by atoms with van der Waals surface area (Å²) in [6.45, 7) is 0. The largest absolute Gasteiger partial charge is 0.506 e. The molecule has 3 N–H and O–H groups in total. The Morgan fingerprint density at radius 3 is 3.00 bits per heavy atom. The monoisotopic (exact) mass is 183 g/mol. The van der Waals surface area contributed by atoms with Crippen molar-refractivity contribution < 1.29 is 5.11 Å². The van der Waals surface area contributed by atoms with Crippen molar-refractivity contribution in [1.29, 1.82) is 0 Å². The van der Waals surface area contributed by atoms with Gasteiger partial charge in [-0.2, -0.15) is 0 Å². The molecular formula is C9H10ClNO. The fourth-order valence-corrected chi connectivity index (χ4v) is 1.88. The van der Waals surface area contributed by atoms with Crippen LogP contribution in [-0.2, 0) is 6.42 Å². The molecule has 1 aromatic rings. The van der Waals surface area contributed by atoms with E-state index in [-0.39, 0.29) is 11.8 Å². The van der Waals surface area contributed by atoms with Crippen LogP contribution in [0.1, 0.15) is 23.6 Å². The molecule has 2 rings (SSSR count). The van der Waals surface area contributed by atoms with Crippen molar-refractivity contribution in [2.75, 3.05) is 0 Å². The Hall–Kier alpha value is -0.730. The van der Waals surface area contributed by atoms with E-state index in [2.05, 4.69) is 0 Å². The zero-order valence-corrected chi connectivity index (χ0v) is 7.30. The highest BCUT2D eigenvalue weighted by Gasteiger charge is 2.23. The number of rotatable bonds is 0. The molecule has 1 atom stereocenters. The summed E-state index contributed by atoms with van der Waals surface area (Å²) < 4.78 is 0. The summed E-state index contributed by atoms with van der Waals surface area (Å²) in [4.78, 5) is 0. The molecule has 64 valence electrons. The Kier molecular flexibility index (Phi) is 1.74. The number of hydrogen-bond acceptors (Lipinski definition) is 2. The Bertz CT molecular complexity index is 325. The maximum Gasteiger partial charge on any atom is 0.139 e. The van der Waals surface area contributed by atoms with Crippen molar-refractivity contribution in [2.24, 2.45) is 5.73 Å². The van der Waals surface area contributed by atoms with Gasteiger partial charge >= 0.3 is 0 Å². The molecule has 0 heterocycles. The molecule has 12 heavy (non-hydrogen) atoms. The zero-order valence-electron chi connectivity index (χ0n) is 6.55. The van der Waals surface area contributed by atoms with Crippen LogP contribution >= 0.6 is 11.6 Å². The predicted molar refractivity (Wildman–Crippen MR) is 48.4 cm³/mol. The molecule has 3 heteroatoms. The van der Waals surface area contributed by atoms with E-state index in [4.69, 9.17) is 17.3 Å². The Labute approximate surface area is 76.0 Å². The van der Waals surface area contributed by atoms with E-state index in [1.165, 1.54) is 0 Å². The van der Waals surface area contributed by atoms with E-state index in [1.807, 2.05) is 6.07 Å². The number of halogens is 1. The molecule has 0 unspecified atom stereocenters. The van der Waals surface area contributed by atoms with Gasteiger partial charge in [0.1, 0.15) is 5.75 Å². The zero-order chi connectivity index (χ0) is 8.72. The summed E-state index contributed by atoms with van der Waals surface area (Å²) in [5, 5.41) is 9.97. The second kappa shape index (κ2) is 2.64. The quantitative estimate of drug-likeness (QED) is 0.646. The average Bonchev–Trinajstić information content (AvgIpc) is 2.41. The Balaban J connectivity index is 2.63. The van der Waals surface area contributed by atoms with Crippen LogP contribution in [0.15, 0.2) is 12.1 Å². The van der Waals surface area contributed by atoms with Crippen LogP contribution in [0.2, 0.25) is 5.02 Å². The van der Waals surface area contributed by atoms with Crippen molar-refractivity contribution in [3.63, 3.8) is 0 Å². The number of aryl methyl sites for hydroxylation is 1. The molecule has 0 amide bonds. The molecule has 0 spiro atoms. The van der Waals surface area contributed by atoms with Gasteiger partial charge in [-0.1, -0.05) is 17.7 Å². The number of nitrogens with two attached hydrogens (primary N) is 1. The lowest BCUT2D eigenvalue weighted by molar-refractivity contribution is 0.464. The van der Waals surface area contributed by atoms with Crippen molar-refractivity contribution >= 4 is 11.6 Å². The van der Waals surface area contributed by atoms with Gasteiger partial charge in [0.2, 0.25) is 0 Å². The smallest absolute Gasteiger partial charge is 0.139 e. The van der Waals surface area contributed by atoms with Gasteiger partial charge in [0.15, 0.2) is 0 Å². The van der Waals surface area contributed by atoms with Crippen LogP contribution in [-0.4, -0.2) is 5.11 Å². The minimum absolute atomic E-state index is 0.0429. The standard InChI is InChI=1S/C9H10ClNO/c10-6-3-1-5-2-4-7(11)8(5)9(6)12/h1,3,7,12H,2,4,11H2/t7-/m0/s1. The molecule has 0 bridgehead atoms. The summed E-state index contributed by atoms with van der Waals surface area (Å²) in [7, 11) is 0. The van der Waals surface area contributed by atoms with Gasteiger partial charge in [-0.3, -0.25) is 0 Å². The maximum absolute atomic E-state index is 9.58. The first-order chi connectivity index (χ1) is 5.70. The van der Waals surface area contributed by atoms with Crippen LogP contribution in [0.25, 0.3) is 0 Å². The lowest BCUT2D eigenvalue weighted by atomic mass is 10.1. The van der Waals surface area contributed by atoms with Gasteiger partial charge < -0.3 is 10.8 Å². The predicted octanol–water partition coefficient (Wildman–Crippen LogP) is 1.99. The normalized spacial score (nSPS) is 21.0. The number of hydrogen-bond donors (Lipinski definition) is 2. The molecule has 0 aliphatic heterocycles. The third kappa shape index (κ3) is 0.993. The molecule has 0 saturated heterocycles. The van der Waals surface area contributed by atoms with E-state index < -0.39 is 0 Å². The number of phenolic OH excluding ortho intramolecular Hbond substituents is 1. The van der Waals surface area contributed by atoms with Crippen LogP contribution in [0.3, 0.4) is 0 Å². The van der Waals surface area contributed by atoms with Crippen molar-refractivity contribution in [3.8, 4) is 5.75 Å². The number of aromatic hydroxyl groups is 1. The lowest BCUT2D eigenvalue weighted by Crippen LogP contribution is -2.05. The molecule has 1 aliphatic rings. The number of fused-ring (bicyclic) bond motifs is 1. The molecule has 1 aliphatic carbocycles. The molecule has 0 radical (unpaired) electrons. The lowest BCUT2D eigenvalue weighted by Gasteiger charge is -2.08. The molecular weight excluding hydrogens is 174 g/mol. The maximum atomic E-state index is 9.58. The second-order valence-electron chi connectivity index (χ2n) is 3.11. The second-order valence-corrected chi connectivity index (χ2v) is 3.52.